The number of alkyl halides is 3. The molecular formula is C21H25F3N6O. The first-order valence-electron chi connectivity index (χ1n) is 10.0. The predicted molar refractivity (Wildman–Crippen MR) is 110 cm³/mol. The molecule has 31 heavy (non-hydrogen) atoms. The van der Waals surface area contributed by atoms with E-state index in [2.05, 4.69) is 37.5 Å². The van der Waals surface area contributed by atoms with Crippen LogP contribution in [0.25, 0.3) is 0 Å². The minimum Gasteiger partial charge on any atom is -0.377 e. The van der Waals surface area contributed by atoms with Gasteiger partial charge in [0.05, 0.1) is 12.1 Å². The SMILES string of the molecule is CCNC(=NCC#Cc1cccc(C(F)(F)F)c1)NC1CCc2nc(COC)nn2C1. The fraction of sp³-hybridized carbons (Fsp3) is 0.476. The quantitative estimate of drug-likeness (QED) is 0.429. The Bertz CT molecular complexity index is 973. The van der Waals surface area contributed by atoms with E-state index in [4.69, 9.17) is 4.74 Å². The highest BCUT2D eigenvalue weighted by Gasteiger charge is 2.30. The van der Waals surface area contributed by atoms with Gasteiger partial charge in [0.2, 0.25) is 0 Å². The van der Waals surface area contributed by atoms with Crippen LogP contribution in [0.4, 0.5) is 13.2 Å². The summed E-state index contributed by atoms with van der Waals surface area (Å²) in [6.07, 6.45) is -2.71. The van der Waals surface area contributed by atoms with Crippen LogP contribution in [0.2, 0.25) is 0 Å². The molecule has 0 bridgehead atoms. The fourth-order valence-electron chi connectivity index (χ4n) is 3.22. The summed E-state index contributed by atoms with van der Waals surface area (Å²) < 4.78 is 45.4. The van der Waals surface area contributed by atoms with Gasteiger partial charge in [-0.2, -0.15) is 18.3 Å². The van der Waals surface area contributed by atoms with Crippen LogP contribution in [0.1, 0.15) is 36.1 Å². The smallest absolute Gasteiger partial charge is 0.377 e. The molecule has 0 spiro atoms. The molecule has 2 aromatic rings. The van der Waals surface area contributed by atoms with Gasteiger partial charge in [0.15, 0.2) is 11.8 Å². The van der Waals surface area contributed by atoms with Gasteiger partial charge >= 0.3 is 6.18 Å². The van der Waals surface area contributed by atoms with E-state index < -0.39 is 11.7 Å². The topological polar surface area (TPSA) is 76.4 Å². The third-order valence-electron chi connectivity index (χ3n) is 4.60. The Labute approximate surface area is 179 Å². The molecule has 3 rings (SSSR count). The summed E-state index contributed by atoms with van der Waals surface area (Å²) in [5.74, 6) is 7.77. The molecule has 1 atom stereocenters. The molecule has 1 aliphatic heterocycles. The van der Waals surface area contributed by atoms with Crippen molar-refractivity contribution in [2.24, 2.45) is 4.99 Å². The molecule has 1 unspecified atom stereocenters. The number of hydrogen-bond acceptors (Lipinski definition) is 4. The van der Waals surface area contributed by atoms with Crippen LogP contribution in [0.15, 0.2) is 29.3 Å². The van der Waals surface area contributed by atoms with Crippen molar-refractivity contribution < 1.29 is 17.9 Å². The van der Waals surface area contributed by atoms with Crippen LogP contribution in [0.3, 0.4) is 0 Å². The fourth-order valence-corrected chi connectivity index (χ4v) is 3.22. The van der Waals surface area contributed by atoms with Crippen molar-refractivity contribution in [1.82, 2.24) is 25.4 Å². The summed E-state index contributed by atoms with van der Waals surface area (Å²) in [5.41, 5.74) is -0.405. The van der Waals surface area contributed by atoms with Crippen LogP contribution in [0, 0.1) is 11.8 Å². The number of methoxy groups -OCH3 is 1. The van der Waals surface area contributed by atoms with Crippen molar-refractivity contribution in [2.45, 2.75) is 45.1 Å². The molecule has 0 radical (unpaired) electrons. The maximum absolute atomic E-state index is 12.8. The summed E-state index contributed by atoms with van der Waals surface area (Å²) in [6.45, 7) is 3.83. The van der Waals surface area contributed by atoms with E-state index in [1.54, 1.807) is 13.2 Å². The lowest BCUT2D eigenvalue weighted by Crippen LogP contribution is -2.47. The molecule has 166 valence electrons. The van der Waals surface area contributed by atoms with Crippen LogP contribution in [-0.2, 0) is 30.5 Å². The van der Waals surface area contributed by atoms with Gasteiger partial charge in [-0.3, -0.25) is 0 Å². The monoisotopic (exact) mass is 434 g/mol. The number of fused-ring (bicyclic) bond motifs is 1. The highest BCUT2D eigenvalue weighted by atomic mass is 19.4. The highest BCUT2D eigenvalue weighted by Crippen LogP contribution is 2.29. The van der Waals surface area contributed by atoms with E-state index >= 15 is 0 Å². The number of rotatable bonds is 5. The average Bonchev–Trinajstić information content (AvgIpc) is 3.13. The van der Waals surface area contributed by atoms with Crippen LogP contribution < -0.4 is 10.6 Å². The number of benzene rings is 1. The molecule has 1 aromatic heterocycles. The van der Waals surface area contributed by atoms with Crippen LogP contribution >= 0.6 is 0 Å². The molecule has 2 heterocycles. The van der Waals surface area contributed by atoms with Crippen molar-refractivity contribution in [3.63, 3.8) is 0 Å². The zero-order valence-corrected chi connectivity index (χ0v) is 17.5. The lowest BCUT2D eigenvalue weighted by Gasteiger charge is -2.25. The van der Waals surface area contributed by atoms with Crippen molar-refractivity contribution in [3.05, 3.63) is 47.0 Å². The second-order valence-electron chi connectivity index (χ2n) is 7.01. The number of nitrogens with zero attached hydrogens (tertiary/aromatic N) is 4. The van der Waals surface area contributed by atoms with E-state index in [1.165, 1.54) is 6.07 Å². The lowest BCUT2D eigenvalue weighted by atomic mass is 10.1. The van der Waals surface area contributed by atoms with Gasteiger partial charge in [0.25, 0.3) is 0 Å². The van der Waals surface area contributed by atoms with Crippen molar-refractivity contribution in [1.29, 1.82) is 0 Å². The molecular weight excluding hydrogens is 409 g/mol. The summed E-state index contributed by atoms with van der Waals surface area (Å²) in [6, 6.07) is 5.08. The maximum atomic E-state index is 12.8. The molecule has 10 heteroatoms. The Hall–Kier alpha value is -3.06. The maximum Gasteiger partial charge on any atom is 0.416 e. The number of aliphatic imine (C=N–C) groups is 1. The van der Waals surface area contributed by atoms with Gasteiger partial charge in [-0.15, -0.1) is 0 Å². The first-order chi connectivity index (χ1) is 14.9. The largest absolute Gasteiger partial charge is 0.416 e. The minimum atomic E-state index is -4.38. The van der Waals surface area contributed by atoms with E-state index in [1.807, 2.05) is 11.6 Å². The first-order valence-corrected chi connectivity index (χ1v) is 10.0. The number of guanidine groups is 1. The number of nitrogens with one attached hydrogen (secondary N) is 2. The molecule has 0 fully saturated rings. The Balaban J connectivity index is 1.60. The standard InChI is InChI=1S/C21H25F3N6O/c1-3-25-20(26-11-5-7-15-6-4-8-16(12-15)21(22,23)24)27-17-9-10-19-28-18(14-31-2)29-30(19)13-17/h4,6,8,12,17H,3,9-11,13-14H2,1-2H3,(H2,25,26,27). The molecule has 7 nitrogen and oxygen atoms in total. The van der Waals surface area contributed by atoms with Gasteiger partial charge in [-0.25, -0.2) is 14.7 Å². The number of hydrogen-bond donors (Lipinski definition) is 2. The predicted octanol–water partition coefficient (Wildman–Crippen LogP) is 2.36. The van der Waals surface area contributed by atoms with E-state index in [0.717, 1.165) is 30.8 Å². The van der Waals surface area contributed by atoms with Crippen LogP contribution in [-0.4, -0.2) is 47.0 Å². The number of aromatic nitrogens is 3. The minimum absolute atomic E-state index is 0.124. The summed E-state index contributed by atoms with van der Waals surface area (Å²) in [5, 5.41) is 11.0. The lowest BCUT2D eigenvalue weighted by molar-refractivity contribution is -0.137. The van der Waals surface area contributed by atoms with Gasteiger partial charge in [0.1, 0.15) is 19.0 Å². The van der Waals surface area contributed by atoms with E-state index in [9.17, 15) is 13.2 Å². The first kappa shape index (κ1) is 22.6. The molecule has 2 N–H and O–H groups in total. The van der Waals surface area contributed by atoms with Crippen LogP contribution in [0.5, 0.6) is 0 Å². The van der Waals surface area contributed by atoms with Crippen molar-refractivity contribution in [2.75, 3.05) is 20.2 Å². The normalized spacial score (nSPS) is 16.3. The van der Waals surface area contributed by atoms with E-state index in [0.29, 0.717) is 37.0 Å². The van der Waals surface area contributed by atoms with E-state index in [-0.39, 0.29) is 12.6 Å². The zero-order valence-electron chi connectivity index (χ0n) is 17.5. The number of aryl methyl sites for hydroxylation is 1. The highest BCUT2D eigenvalue weighted by molar-refractivity contribution is 5.80. The summed E-state index contributed by atoms with van der Waals surface area (Å²) in [7, 11) is 1.61. The Morgan fingerprint density at radius 1 is 1.39 bits per heavy atom. The van der Waals surface area contributed by atoms with Gasteiger partial charge < -0.3 is 15.4 Å². The molecule has 1 aliphatic rings. The Morgan fingerprint density at radius 2 is 2.23 bits per heavy atom. The summed E-state index contributed by atoms with van der Waals surface area (Å²) in [4.78, 5) is 8.88. The molecule has 0 saturated carbocycles. The zero-order chi connectivity index (χ0) is 22.3. The van der Waals surface area contributed by atoms with Gasteiger partial charge in [0, 0.05) is 31.7 Å². The second kappa shape index (κ2) is 10.3. The van der Waals surface area contributed by atoms with Gasteiger partial charge in [-0.05, 0) is 31.5 Å². The summed E-state index contributed by atoms with van der Waals surface area (Å²) >= 11 is 0. The molecule has 0 saturated heterocycles. The second-order valence-corrected chi connectivity index (χ2v) is 7.01. The Kier molecular flexibility index (Phi) is 7.52. The number of ether oxygens (including phenoxy) is 1. The molecule has 1 aromatic carbocycles. The Morgan fingerprint density at radius 3 is 2.97 bits per heavy atom. The third kappa shape index (κ3) is 6.46. The number of halogens is 3. The van der Waals surface area contributed by atoms with Gasteiger partial charge in [-0.1, -0.05) is 17.9 Å². The molecule has 0 aliphatic carbocycles. The van der Waals surface area contributed by atoms with Crippen molar-refractivity contribution in [3.8, 4) is 11.8 Å². The van der Waals surface area contributed by atoms with Crippen molar-refractivity contribution >= 4 is 5.96 Å². The molecule has 0 amide bonds. The average molecular weight is 434 g/mol. The third-order valence-corrected chi connectivity index (χ3v) is 4.60.